The number of aliphatic hydroxyl groups is 1. The third-order valence-electron chi connectivity index (χ3n) is 3.59. The second-order valence-electron chi connectivity index (χ2n) is 4.72. The maximum absolute atomic E-state index is 11.6. The second-order valence-corrected chi connectivity index (χ2v) is 6.26. The van der Waals surface area contributed by atoms with E-state index in [1.54, 1.807) is 6.20 Å². The molecule has 0 bridgehead atoms. The summed E-state index contributed by atoms with van der Waals surface area (Å²) in [7, 11) is -0.921. The SMILES string of the molecule is O=S1CCc2nc(NC3(CO)CCC3)ncc21. The lowest BCUT2D eigenvalue weighted by Gasteiger charge is -2.40. The predicted molar refractivity (Wildman–Crippen MR) is 64.3 cm³/mol. The van der Waals surface area contributed by atoms with Crippen molar-refractivity contribution in [1.82, 2.24) is 9.97 Å². The van der Waals surface area contributed by atoms with Crippen molar-refractivity contribution in [1.29, 1.82) is 0 Å². The van der Waals surface area contributed by atoms with Gasteiger partial charge in [0.1, 0.15) is 0 Å². The fourth-order valence-electron chi connectivity index (χ4n) is 2.30. The van der Waals surface area contributed by atoms with E-state index < -0.39 is 10.8 Å². The summed E-state index contributed by atoms with van der Waals surface area (Å²) in [6, 6.07) is 0. The fourth-order valence-corrected chi connectivity index (χ4v) is 3.48. The quantitative estimate of drug-likeness (QED) is 0.819. The van der Waals surface area contributed by atoms with Gasteiger partial charge in [0.25, 0.3) is 0 Å². The summed E-state index contributed by atoms with van der Waals surface area (Å²) in [4.78, 5) is 9.35. The lowest BCUT2D eigenvalue weighted by Crippen LogP contribution is -2.48. The standard InChI is InChI=1S/C11H15N3O2S/c15-7-11(3-1-4-11)14-10-12-6-9-8(13-10)2-5-17(9)16/h6,15H,1-5,7H2,(H,12,13,14). The Morgan fingerprint density at radius 2 is 2.35 bits per heavy atom. The van der Waals surface area contributed by atoms with Gasteiger partial charge in [-0.05, 0) is 19.3 Å². The average Bonchev–Trinajstić information content (AvgIpc) is 2.65. The van der Waals surface area contributed by atoms with Gasteiger partial charge in [0.15, 0.2) is 0 Å². The number of rotatable bonds is 3. The first-order valence-corrected chi connectivity index (χ1v) is 7.18. The van der Waals surface area contributed by atoms with Crippen molar-refractivity contribution in [3.05, 3.63) is 11.9 Å². The van der Waals surface area contributed by atoms with Crippen LogP contribution in [0.4, 0.5) is 5.95 Å². The number of nitrogens with zero attached hydrogens (tertiary/aromatic N) is 2. The van der Waals surface area contributed by atoms with E-state index in [2.05, 4.69) is 15.3 Å². The van der Waals surface area contributed by atoms with Crippen molar-refractivity contribution >= 4 is 16.7 Å². The predicted octanol–water partition coefficient (Wildman–Crippen LogP) is 0.467. The lowest BCUT2D eigenvalue weighted by molar-refractivity contribution is 0.143. The number of hydrogen-bond donors (Lipinski definition) is 2. The Labute approximate surface area is 102 Å². The molecule has 0 radical (unpaired) electrons. The van der Waals surface area contributed by atoms with Gasteiger partial charge in [-0.1, -0.05) is 0 Å². The van der Waals surface area contributed by atoms with Crippen LogP contribution < -0.4 is 5.32 Å². The largest absolute Gasteiger partial charge is 0.394 e. The number of aryl methyl sites for hydroxylation is 1. The molecule has 0 saturated heterocycles. The molecule has 17 heavy (non-hydrogen) atoms. The highest BCUT2D eigenvalue weighted by Crippen LogP contribution is 2.34. The van der Waals surface area contributed by atoms with Crippen molar-refractivity contribution in [2.24, 2.45) is 0 Å². The highest BCUT2D eigenvalue weighted by molar-refractivity contribution is 7.85. The topological polar surface area (TPSA) is 75.1 Å². The molecule has 1 saturated carbocycles. The molecule has 3 rings (SSSR count). The van der Waals surface area contributed by atoms with Crippen LogP contribution in [0.1, 0.15) is 25.0 Å². The Hall–Kier alpha value is -1.01. The summed E-state index contributed by atoms with van der Waals surface area (Å²) in [6.45, 7) is 0.110. The Morgan fingerprint density at radius 1 is 1.53 bits per heavy atom. The molecule has 1 fully saturated rings. The van der Waals surface area contributed by atoms with Crippen molar-refractivity contribution in [3.63, 3.8) is 0 Å². The molecule has 92 valence electrons. The van der Waals surface area contributed by atoms with Gasteiger partial charge in [-0.3, -0.25) is 4.21 Å². The zero-order chi connectivity index (χ0) is 11.9. The Kier molecular flexibility index (Phi) is 2.63. The molecular formula is C11H15N3O2S. The van der Waals surface area contributed by atoms with Gasteiger partial charge in [-0.2, -0.15) is 0 Å². The Morgan fingerprint density at radius 3 is 3.00 bits per heavy atom. The Bertz CT molecular complexity index is 468. The highest BCUT2D eigenvalue weighted by atomic mass is 32.2. The second kappa shape index (κ2) is 4.03. The van der Waals surface area contributed by atoms with E-state index in [1.165, 1.54) is 0 Å². The van der Waals surface area contributed by atoms with Crippen LogP contribution in [0.3, 0.4) is 0 Å². The number of aliphatic hydroxyl groups excluding tert-OH is 1. The maximum atomic E-state index is 11.6. The average molecular weight is 253 g/mol. The van der Waals surface area contributed by atoms with Crippen LogP contribution in [0.25, 0.3) is 0 Å². The van der Waals surface area contributed by atoms with Crippen molar-refractivity contribution < 1.29 is 9.32 Å². The summed E-state index contributed by atoms with van der Waals surface area (Å²) < 4.78 is 11.6. The van der Waals surface area contributed by atoms with Crippen molar-refractivity contribution in [3.8, 4) is 0 Å². The van der Waals surface area contributed by atoms with Gasteiger partial charge < -0.3 is 10.4 Å². The third kappa shape index (κ3) is 1.85. The van der Waals surface area contributed by atoms with Crippen LogP contribution in [-0.2, 0) is 17.2 Å². The molecule has 1 atom stereocenters. The smallest absolute Gasteiger partial charge is 0.223 e. The zero-order valence-corrected chi connectivity index (χ0v) is 10.3. The molecule has 2 heterocycles. The van der Waals surface area contributed by atoms with E-state index in [4.69, 9.17) is 0 Å². The van der Waals surface area contributed by atoms with Crippen molar-refractivity contribution in [2.45, 2.75) is 36.1 Å². The van der Waals surface area contributed by atoms with Crippen molar-refractivity contribution in [2.75, 3.05) is 17.7 Å². The van der Waals surface area contributed by atoms with Crippen LogP contribution in [0, 0.1) is 0 Å². The fraction of sp³-hybridized carbons (Fsp3) is 0.636. The first-order valence-electron chi connectivity index (χ1n) is 5.86. The van der Waals surface area contributed by atoms with Crippen LogP contribution in [0.2, 0.25) is 0 Å². The number of nitrogens with one attached hydrogen (secondary N) is 1. The normalized spacial score (nSPS) is 25.1. The Balaban J connectivity index is 1.83. The molecule has 2 N–H and O–H groups in total. The molecule has 1 aliphatic carbocycles. The molecule has 2 aliphatic rings. The number of anilines is 1. The van der Waals surface area contributed by atoms with Crippen LogP contribution >= 0.6 is 0 Å². The van der Waals surface area contributed by atoms with E-state index in [-0.39, 0.29) is 12.1 Å². The minimum atomic E-state index is -0.921. The van der Waals surface area contributed by atoms with Gasteiger partial charge in [0, 0.05) is 18.4 Å². The third-order valence-corrected chi connectivity index (χ3v) is 5.00. The molecule has 1 unspecified atom stereocenters. The van der Waals surface area contributed by atoms with E-state index >= 15 is 0 Å². The monoisotopic (exact) mass is 253 g/mol. The van der Waals surface area contributed by atoms with E-state index in [0.717, 1.165) is 36.3 Å². The first kappa shape index (κ1) is 11.1. The number of fused-ring (bicyclic) bond motifs is 1. The number of hydrogen-bond acceptors (Lipinski definition) is 5. The summed E-state index contributed by atoms with van der Waals surface area (Å²) in [5, 5.41) is 12.6. The van der Waals surface area contributed by atoms with E-state index in [0.29, 0.717) is 11.7 Å². The maximum Gasteiger partial charge on any atom is 0.223 e. The van der Waals surface area contributed by atoms with Gasteiger partial charge in [-0.15, -0.1) is 0 Å². The highest BCUT2D eigenvalue weighted by Gasteiger charge is 2.37. The van der Waals surface area contributed by atoms with Crippen LogP contribution in [-0.4, -0.2) is 37.2 Å². The molecule has 0 aromatic carbocycles. The zero-order valence-electron chi connectivity index (χ0n) is 9.48. The van der Waals surface area contributed by atoms with Gasteiger partial charge in [0.2, 0.25) is 5.95 Å². The van der Waals surface area contributed by atoms with Gasteiger partial charge >= 0.3 is 0 Å². The van der Waals surface area contributed by atoms with Crippen LogP contribution in [0.5, 0.6) is 0 Å². The van der Waals surface area contributed by atoms with E-state index in [1.807, 2.05) is 0 Å². The number of aromatic nitrogens is 2. The van der Waals surface area contributed by atoms with Gasteiger partial charge in [0.05, 0.1) is 33.5 Å². The molecule has 1 aliphatic heterocycles. The summed E-state index contributed by atoms with van der Waals surface area (Å²) in [5.41, 5.74) is 0.652. The molecule has 6 heteroatoms. The lowest BCUT2D eigenvalue weighted by atomic mass is 9.77. The molecule has 0 spiro atoms. The summed E-state index contributed by atoms with van der Waals surface area (Å²) in [6.07, 6.45) is 5.44. The summed E-state index contributed by atoms with van der Waals surface area (Å²) >= 11 is 0. The molecule has 1 aromatic rings. The van der Waals surface area contributed by atoms with Crippen LogP contribution in [0.15, 0.2) is 11.1 Å². The van der Waals surface area contributed by atoms with Gasteiger partial charge in [-0.25, -0.2) is 9.97 Å². The van der Waals surface area contributed by atoms with E-state index in [9.17, 15) is 9.32 Å². The first-order chi connectivity index (χ1) is 8.22. The molecule has 1 aromatic heterocycles. The minimum Gasteiger partial charge on any atom is -0.394 e. The minimum absolute atomic E-state index is 0.110. The molecular weight excluding hydrogens is 238 g/mol. The molecule has 0 amide bonds. The molecule has 5 nitrogen and oxygen atoms in total. The summed E-state index contributed by atoms with van der Waals surface area (Å²) in [5.74, 6) is 1.20.